The van der Waals surface area contributed by atoms with E-state index in [1.807, 2.05) is 59.6 Å². The van der Waals surface area contributed by atoms with Crippen LogP contribution in [0.25, 0.3) is 11.1 Å². The van der Waals surface area contributed by atoms with E-state index in [2.05, 4.69) is 40.6 Å². The summed E-state index contributed by atoms with van der Waals surface area (Å²) in [7, 11) is 1.63. The smallest absolute Gasteiger partial charge is 0.225 e. The first kappa shape index (κ1) is 24.3. The van der Waals surface area contributed by atoms with Crippen LogP contribution < -0.4 is 10.1 Å². The third-order valence-electron chi connectivity index (χ3n) is 6.78. The predicted molar refractivity (Wildman–Crippen MR) is 142 cm³/mol. The topological polar surface area (TPSA) is 76.5 Å². The highest BCUT2D eigenvalue weighted by Gasteiger charge is 2.34. The Morgan fingerprint density at radius 3 is 2.46 bits per heavy atom. The molecule has 1 saturated heterocycles. The van der Waals surface area contributed by atoms with Crippen molar-refractivity contribution in [1.82, 2.24) is 19.8 Å². The molecule has 0 radical (unpaired) electrons. The first-order chi connectivity index (χ1) is 18.1. The lowest BCUT2D eigenvalue weighted by molar-refractivity contribution is -0.129. The van der Waals surface area contributed by atoms with Crippen LogP contribution in [0, 0.1) is 5.92 Å². The monoisotopic (exact) mass is 494 g/mol. The largest absolute Gasteiger partial charge is 0.497 e. The molecule has 1 aliphatic rings. The van der Waals surface area contributed by atoms with Crippen molar-refractivity contribution in [2.45, 2.75) is 26.1 Å². The van der Waals surface area contributed by atoms with Crippen molar-refractivity contribution in [3.63, 3.8) is 0 Å². The molecule has 2 amide bonds. The van der Waals surface area contributed by atoms with Crippen molar-refractivity contribution >= 4 is 11.8 Å². The lowest BCUT2D eigenvalue weighted by Gasteiger charge is -2.17. The Balaban J connectivity index is 1.19. The van der Waals surface area contributed by atoms with Crippen molar-refractivity contribution in [1.29, 1.82) is 0 Å². The number of likely N-dealkylation sites (tertiary alicyclic amines) is 1. The molecule has 188 valence electrons. The van der Waals surface area contributed by atoms with Gasteiger partial charge < -0.3 is 19.5 Å². The minimum atomic E-state index is -0.347. The Morgan fingerprint density at radius 1 is 1.00 bits per heavy atom. The molecule has 0 spiro atoms. The number of nitrogens with one attached hydrogen (secondary N) is 1. The van der Waals surface area contributed by atoms with Crippen LogP contribution in [-0.4, -0.2) is 39.9 Å². The molecule has 0 bridgehead atoms. The molecular weight excluding hydrogens is 464 g/mol. The second-order valence-electron chi connectivity index (χ2n) is 9.33. The van der Waals surface area contributed by atoms with Gasteiger partial charge in [-0.1, -0.05) is 60.7 Å². The van der Waals surface area contributed by atoms with E-state index in [0.29, 0.717) is 19.6 Å². The number of benzene rings is 3. The second kappa shape index (κ2) is 11.1. The molecule has 4 aromatic rings. The van der Waals surface area contributed by atoms with Crippen LogP contribution in [0.1, 0.15) is 23.1 Å². The number of carbonyl (C=O) groups is 2. The molecule has 7 nitrogen and oxygen atoms in total. The van der Waals surface area contributed by atoms with E-state index < -0.39 is 0 Å². The molecule has 1 aliphatic heterocycles. The van der Waals surface area contributed by atoms with Gasteiger partial charge in [0.1, 0.15) is 5.75 Å². The number of hydrogen-bond donors (Lipinski definition) is 1. The highest BCUT2D eigenvalue weighted by Crippen LogP contribution is 2.25. The van der Waals surface area contributed by atoms with Crippen LogP contribution in [0.4, 0.5) is 0 Å². The number of amides is 2. The first-order valence-electron chi connectivity index (χ1n) is 12.4. The van der Waals surface area contributed by atoms with Crippen molar-refractivity contribution in [2.75, 3.05) is 13.7 Å². The summed E-state index contributed by atoms with van der Waals surface area (Å²) in [5.41, 5.74) is 5.43. The highest BCUT2D eigenvalue weighted by atomic mass is 16.5. The van der Waals surface area contributed by atoms with E-state index in [9.17, 15) is 9.59 Å². The molecule has 37 heavy (non-hydrogen) atoms. The molecule has 0 aliphatic carbocycles. The zero-order chi connectivity index (χ0) is 25.6. The van der Waals surface area contributed by atoms with E-state index in [-0.39, 0.29) is 24.2 Å². The zero-order valence-corrected chi connectivity index (χ0v) is 20.8. The number of methoxy groups -OCH3 is 1. The summed E-state index contributed by atoms with van der Waals surface area (Å²) >= 11 is 0. The maximum Gasteiger partial charge on any atom is 0.225 e. The summed E-state index contributed by atoms with van der Waals surface area (Å²) in [6.45, 7) is 2.10. The molecule has 0 saturated carbocycles. The van der Waals surface area contributed by atoms with Gasteiger partial charge in [-0.05, 0) is 39.9 Å². The van der Waals surface area contributed by atoms with Gasteiger partial charge in [0.25, 0.3) is 0 Å². The molecule has 1 atom stereocenters. The van der Waals surface area contributed by atoms with Gasteiger partial charge in [-0.15, -0.1) is 0 Å². The predicted octanol–water partition coefficient (Wildman–Crippen LogP) is 4.27. The molecule has 2 heterocycles. The van der Waals surface area contributed by atoms with Gasteiger partial charge in [-0.2, -0.15) is 0 Å². The summed E-state index contributed by atoms with van der Waals surface area (Å²) in [4.78, 5) is 31.4. The third kappa shape index (κ3) is 5.89. The van der Waals surface area contributed by atoms with Crippen molar-refractivity contribution in [3.05, 3.63) is 108 Å². The maximum atomic E-state index is 13.0. The molecule has 7 heteroatoms. The van der Waals surface area contributed by atoms with Gasteiger partial charge in [0.2, 0.25) is 11.8 Å². The molecule has 1 aromatic heterocycles. The van der Waals surface area contributed by atoms with Crippen LogP contribution in [0.2, 0.25) is 0 Å². The summed E-state index contributed by atoms with van der Waals surface area (Å²) in [5, 5.41) is 3.07. The fourth-order valence-corrected chi connectivity index (χ4v) is 4.72. The zero-order valence-electron chi connectivity index (χ0n) is 20.8. The van der Waals surface area contributed by atoms with E-state index in [1.165, 1.54) is 5.56 Å². The third-order valence-corrected chi connectivity index (χ3v) is 6.78. The average molecular weight is 495 g/mol. The lowest BCUT2D eigenvalue weighted by Crippen LogP contribution is -2.32. The molecule has 1 N–H and O–H groups in total. The van der Waals surface area contributed by atoms with E-state index in [4.69, 9.17) is 4.74 Å². The van der Waals surface area contributed by atoms with Gasteiger partial charge in [0, 0.05) is 45.0 Å². The van der Waals surface area contributed by atoms with Crippen molar-refractivity contribution in [3.8, 4) is 16.9 Å². The number of ether oxygens (including phenoxy) is 1. The normalized spacial score (nSPS) is 15.1. The molecule has 1 fully saturated rings. The molecule has 5 rings (SSSR count). The molecule has 3 aromatic carbocycles. The van der Waals surface area contributed by atoms with Crippen LogP contribution in [0.15, 0.2) is 91.5 Å². The molecular formula is C30H30N4O3. The van der Waals surface area contributed by atoms with Crippen LogP contribution in [-0.2, 0) is 29.2 Å². The molecule has 1 unspecified atom stereocenters. The van der Waals surface area contributed by atoms with E-state index in [1.54, 1.807) is 18.2 Å². The van der Waals surface area contributed by atoms with Crippen molar-refractivity contribution in [2.24, 2.45) is 5.92 Å². The summed E-state index contributed by atoms with van der Waals surface area (Å²) in [5.74, 6) is 0.350. The summed E-state index contributed by atoms with van der Waals surface area (Å²) < 4.78 is 7.23. The number of carbonyl (C=O) groups excluding carboxylic acids is 2. The Bertz CT molecular complexity index is 1350. The van der Waals surface area contributed by atoms with Gasteiger partial charge >= 0.3 is 0 Å². The average Bonchev–Trinajstić information content (AvgIpc) is 3.58. The number of aromatic nitrogens is 2. The van der Waals surface area contributed by atoms with Crippen LogP contribution in [0.3, 0.4) is 0 Å². The Kier molecular flexibility index (Phi) is 7.31. The van der Waals surface area contributed by atoms with Gasteiger partial charge in [0.05, 0.1) is 19.4 Å². The fourth-order valence-electron chi connectivity index (χ4n) is 4.72. The van der Waals surface area contributed by atoms with Gasteiger partial charge in [0.15, 0.2) is 0 Å². The van der Waals surface area contributed by atoms with Gasteiger partial charge in [-0.25, -0.2) is 4.98 Å². The number of imidazole rings is 1. The number of rotatable bonds is 9. The minimum Gasteiger partial charge on any atom is -0.497 e. The summed E-state index contributed by atoms with van der Waals surface area (Å²) in [6, 6.07) is 24.2. The number of hydrogen-bond acceptors (Lipinski definition) is 4. The van der Waals surface area contributed by atoms with E-state index >= 15 is 0 Å². The second-order valence-corrected chi connectivity index (χ2v) is 9.33. The van der Waals surface area contributed by atoms with Crippen molar-refractivity contribution < 1.29 is 14.3 Å². The van der Waals surface area contributed by atoms with Gasteiger partial charge in [-0.3, -0.25) is 9.59 Å². The Labute approximate surface area is 216 Å². The van der Waals surface area contributed by atoms with Crippen LogP contribution >= 0.6 is 0 Å². The quantitative estimate of drug-likeness (QED) is 0.377. The lowest BCUT2D eigenvalue weighted by atomic mass is 9.98. The highest BCUT2D eigenvalue weighted by molar-refractivity contribution is 5.89. The minimum absolute atomic E-state index is 0.00662. The number of nitrogens with zero attached hydrogens (tertiary/aromatic N) is 3. The first-order valence-corrected chi connectivity index (χ1v) is 12.4. The Hall–Kier alpha value is -4.39. The maximum absolute atomic E-state index is 13.0. The SMILES string of the molecule is COc1ccc(CN2CC(C(=O)NCc3ccccc3-c3ccc(Cn4ccnc4)cc3)CC2=O)cc1. The standard InChI is InChI=1S/C30H30N4O3/c1-37-27-12-8-23(9-13-27)19-34-20-26(16-29(34)35)30(36)32-17-25-4-2-3-5-28(25)24-10-6-22(7-11-24)18-33-15-14-31-21-33/h2-15,21,26H,16-20H2,1H3,(H,32,36). The fraction of sp³-hybridized carbons (Fsp3) is 0.233. The Morgan fingerprint density at radius 2 is 1.73 bits per heavy atom. The van der Waals surface area contributed by atoms with E-state index in [0.717, 1.165) is 34.5 Å². The summed E-state index contributed by atoms with van der Waals surface area (Å²) in [6.07, 6.45) is 5.77. The van der Waals surface area contributed by atoms with Crippen LogP contribution in [0.5, 0.6) is 5.75 Å².